The number of halogens is 1. The quantitative estimate of drug-likeness (QED) is 0.473. The Bertz CT molecular complexity index is 1620. The molecule has 3 aromatic rings. The number of nitrogens with zero attached hydrogens (tertiary/aromatic N) is 5. The molecule has 1 N–H and O–H groups in total. The second-order valence-electron chi connectivity index (χ2n) is 11.6. The van der Waals surface area contributed by atoms with Crippen molar-refractivity contribution in [3.63, 3.8) is 0 Å². The summed E-state index contributed by atoms with van der Waals surface area (Å²) >= 11 is 0. The first kappa shape index (κ1) is 27.6. The number of aromatic nitrogens is 2. The van der Waals surface area contributed by atoms with Crippen LogP contribution in [0.4, 0.5) is 9.18 Å². The zero-order valence-electron chi connectivity index (χ0n) is 23.9. The fourth-order valence-electron chi connectivity index (χ4n) is 6.26. The van der Waals surface area contributed by atoms with E-state index in [1.165, 1.54) is 17.0 Å². The average molecular weight is 573 g/mol. The number of hydrogen-bond acceptors (Lipinski definition) is 5. The molecule has 1 fully saturated rings. The maximum Gasteiger partial charge on any atom is 0.325 e. The lowest BCUT2D eigenvalue weighted by molar-refractivity contribution is -0.140. The summed E-state index contributed by atoms with van der Waals surface area (Å²) in [6.45, 7) is 2.01. The molecule has 1 saturated heterocycles. The van der Waals surface area contributed by atoms with Gasteiger partial charge in [-0.05, 0) is 72.6 Å². The molecule has 1 unspecified atom stereocenters. The van der Waals surface area contributed by atoms with E-state index >= 15 is 0 Å². The summed E-state index contributed by atoms with van der Waals surface area (Å²) in [5, 5.41) is 7.20. The average Bonchev–Trinajstić information content (AvgIpc) is 3.60. The third-order valence-corrected chi connectivity index (χ3v) is 8.76. The monoisotopic (exact) mass is 572 g/mol. The number of imide groups is 1. The molecule has 3 aliphatic rings. The van der Waals surface area contributed by atoms with Crippen molar-refractivity contribution in [3.8, 4) is 11.1 Å². The SMILES string of the molecule is C[C@@H]1CCc2cc(F)ccc2CN1C(=O)CN1C(=O)NC2(CCc3cc(-c4cnn(CC(=O)N(C)C)c4)ccc32)C1=O. The number of nitrogens with one attached hydrogen (secondary N) is 1. The van der Waals surface area contributed by atoms with Crippen molar-refractivity contribution < 1.29 is 23.6 Å². The Morgan fingerprint density at radius 3 is 2.64 bits per heavy atom. The summed E-state index contributed by atoms with van der Waals surface area (Å²) in [5.74, 6) is -1.11. The maximum atomic E-state index is 13.8. The van der Waals surface area contributed by atoms with Crippen LogP contribution in [0.15, 0.2) is 48.8 Å². The van der Waals surface area contributed by atoms with Crippen LogP contribution in [-0.4, -0.2) is 74.9 Å². The number of benzene rings is 2. The first-order valence-electron chi connectivity index (χ1n) is 14.1. The first-order valence-corrected chi connectivity index (χ1v) is 14.1. The number of carbonyl (C=O) groups excluding carboxylic acids is 4. The third kappa shape index (κ3) is 4.72. The van der Waals surface area contributed by atoms with Gasteiger partial charge in [0.25, 0.3) is 5.91 Å². The summed E-state index contributed by atoms with van der Waals surface area (Å²) in [6, 6.07) is 9.62. The van der Waals surface area contributed by atoms with E-state index in [2.05, 4.69) is 10.4 Å². The van der Waals surface area contributed by atoms with Crippen molar-refractivity contribution in [1.29, 1.82) is 0 Å². The van der Waals surface area contributed by atoms with Gasteiger partial charge < -0.3 is 15.1 Å². The number of rotatable bonds is 5. The smallest absolute Gasteiger partial charge is 0.325 e. The lowest BCUT2D eigenvalue weighted by atomic mass is 9.90. The largest absolute Gasteiger partial charge is 0.347 e. The summed E-state index contributed by atoms with van der Waals surface area (Å²) < 4.78 is 15.4. The molecule has 5 amide bonds. The highest BCUT2D eigenvalue weighted by Crippen LogP contribution is 2.43. The Balaban J connectivity index is 1.19. The van der Waals surface area contributed by atoms with Gasteiger partial charge in [-0.1, -0.05) is 24.3 Å². The Morgan fingerprint density at radius 2 is 1.86 bits per heavy atom. The zero-order valence-corrected chi connectivity index (χ0v) is 23.9. The normalized spacial score (nSPS) is 21.3. The van der Waals surface area contributed by atoms with Crippen molar-refractivity contribution in [3.05, 3.63) is 76.9 Å². The van der Waals surface area contributed by atoms with Gasteiger partial charge in [-0.15, -0.1) is 0 Å². The van der Waals surface area contributed by atoms with Crippen LogP contribution in [0.3, 0.4) is 0 Å². The number of carbonyl (C=O) groups is 4. The van der Waals surface area contributed by atoms with Gasteiger partial charge in [0.2, 0.25) is 11.8 Å². The van der Waals surface area contributed by atoms with Gasteiger partial charge >= 0.3 is 6.03 Å². The Labute approximate surface area is 243 Å². The molecule has 1 aromatic heterocycles. The van der Waals surface area contributed by atoms with E-state index < -0.39 is 17.5 Å². The van der Waals surface area contributed by atoms with Gasteiger partial charge in [-0.3, -0.25) is 24.0 Å². The number of urea groups is 1. The van der Waals surface area contributed by atoms with Crippen LogP contribution in [0.25, 0.3) is 11.1 Å². The third-order valence-electron chi connectivity index (χ3n) is 8.76. The van der Waals surface area contributed by atoms with Crippen molar-refractivity contribution in [1.82, 2.24) is 29.8 Å². The van der Waals surface area contributed by atoms with Gasteiger partial charge in [0.1, 0.15) is 24.4 Å². The molecule has 2 aromatic carbocycles. The molecule has 0 bridgehead atoms. The molecule has 218 valence electrons. The number of likely N-dealkylation sites (N-methyl/N-ethyl adjacent to an activating group) is 1. The zero-order chi connectivity index (χ0) is 29.8. The van der Waals surface area contributed by atoms with E-state index in [1.807, 2.05) is 31.3 Å². The minimum Gasteiger partial charge on any atom is -0.347 e. The summed E-state index contributed by atoms with van der Waals surface area (Å²) in [6.07, 6.45) is 5.80. The fourth-order valence-corrected chi connectivity index (χ4v) is 6.26. The van der Waals surface area contributed by atoms with Crippen molar-refractivity contribution >= 4 is 23.8 Å². The van der Waals surface area contributed by atoms with Gasteiger partial charge in [-0.2, -0.15) is 5.10 Å². The number of fused-ring (bicyclic) bond motifs is 3. The van der Waals surface area contributed by atoms with E-state index in [0.29, 0.717) is 32.2 Å². The summed E-state index contributed by atoms with van der Waals surface area (Å²) in [4.78, 5) is 56.7. The van der Waals surface area contributed by atoms with E-state index in [1.54, 1.807) is 35.9 Å². The molecule has 0 saturated carbocycles. The molecule has 2 atom stereocenters. The number of aryl methyl sites for hydroxylation is 2. The van der Waals surface area contributed by atoms with E-state index in [9.17, 15) is 23.6 Å². The molecule has 6 rings (SSSR count). The van der Waals surface area contributed by atoms with Crippen molar-refractivity contribution in [2.24, 2.45) is 0 Å². The van der Waals surface area contributed by atoms with Crippen LogP contribution < -0.4 is 5.32 Å². The molecule has 2 aliphatic heterocycles. The molecule has 10 nitrogen and oxygen atoms in total. The second kappa shape index (κ2) is 10.4. The van der Waals surface area contributed by atoms with Crippen LogP contribution in [0, 0.1) is 5.82 Å². The van der Waals surface area contributed by atoms with E-state index in [4.69, 9.17) is 0 Å². The maximum absolute atomic E-state index is 13.8. The van der Waals surface area contributed by atoms with Gasteiger partial charge in [0, 0.05) is 38.4 Å². The second-order valence-corrected chi connectivity index (χ2v) is 11.6. The molecule has 42 heavy (non-hydrogen) atoms. The standard InChI is InChI=1S/C31H33FN6O4/c1-19-4-5-21-13-25(32)8-6-23(21)16-37(19)28(40)18-38-29(41)31(34-30(38)42)11-10-22-12-20(7-9-26(22)31)24-14-33-36(15-24)17-27(39)35(2)3/h6-9,12-15,19H,4-5,10-11,16-18H2,1-3H3,(H,34,42)/t19-,31?/m1/s1. The Hall–Kier alpha value is -4.54. The van der Waals surface area contributed by atoms with Gasteiger partial charge in [0.05, 0.1) is 6.20 Å². The number of hydrogen-bond donors (Lipinski definition) is 1. The predicted octanol–water partition coefficient (Wildman–Crippen LogP) is 2.83. The fraction of sp³-hybridized carbons (Fsp3) is 0.387. The molecule has 1 aliphatic carbocycles. The minimum absolute atomic E-state index is 0.0652. The first-order chi connectivity index (χ1) is 20.1. The molecule has 11 heteroatoms. The van der Waals surface area contributed by atoms with Crippen molar-refractivity contribution in [2.75, 3.05) is 20.6 Å². The van der Waals surface area contributed by atoms with Crippen LogP contribution in [0.1, 0.15) is 42.0 Å². The van der Waals surface area contributed by atoms with Crippen LogP contribution in [0.2, 0.25) is 0 Å². The van der Waals surface area contributed by atoms with Gasteiger partial charge in [0.15, 0.2) is 0 Å². The summed E-state index contributed by atoms with van der Waals surface area (Å²) in [5.41, 5.74) is 3.96. The van der Waals surface area contributed by atoms with Crippen LogP contribution in [-0.2, 0) is 45.9 Å². The molecular weight excluding hydrogens is 539 g/mol. The van der Waals surface area contributed by atoms with Crippen LogP contribution in [0.5, 0.6) is 0 Å². The Kier molecular flexibility index (Phi) is 6.83. The highest BCUT2D eigenvalue weighted by Gasteiger charge is 2.55. The molecular formula is C31H33FN6O4. The van der Waals surface area contributed by atoms with Gasteiger partial charge in [-0.25, -0.2) is 9.18 Å². The highest BCUT2D eigenvalue weighted by atomic mass is 19.1. The van der Waals surface area contributed by atoms with E-state index in [0.717, 1.165) is 38.3 Å². The Morgan fingerprint density at radius 1 is 1.05 bits per heavy atom. The van der Waals surface area contributed by atoms with Crippen molar-refractivity contribution in [2.45, 2.75) is 57.3 Å². The topological polar surface area (TPSA) is 108 Å². The summed E-state index contributed by atoms with van der Waals surface area (Å²) in [7, 11) is 3.39. The predicted molar refractivity (Wildman–Crippen MR) is 151 cm³/mol. The molecule has 0 radical (unpaired) electrons. The van der Waals surface area contributed by atoms with E-state index in [-0.39, 0.29) is 36.8 Å². The number of amides is 5. The molecule has 1 spiro atoms. The highest BCUT2D eigenvalue weighted by molar-refractivity contribution is 6.10. The lowest BCUT2D eigenvalue weighted by Crippen LogP contribution is -2.46. The minimum atomic E-state index is -1.21. The molecule has 3 heterocycles. The lowest BCUT2D eigenvalue weighted by Gasteiger charge is -2.29. The van der Waals surface area contributed by atoms with Crippen LogP contribution >= 0.6 is 0 Å².